The van der Waals surface area contributed by atoms with Crippen molar-refractivity contribution in [1.29, 1.82) is 0 Å². The van der Waals surface area contributed by atoms with E-state index in [-0.39, 0.29) is 11.8 Å². The van der Waals surface area contributed by atoms with Gasteiger partial charge in [0.25, 0.3) is 0 Å². The first-order chi connectivity index (χ1) is 13.8. The SMILES string of the molecule is Oc1cccc(C2c3nc[nH]c3CCN2Cc2cccn2-c2ccccn2)c1. The van der Waals surface area contributed by atoms with E-state index in [1.54, 1.807) is 12.4 Å². The fraction of sp³-hybridized carbons (Fsp3) is 0.182. The maximum absolute atomic E-state index is 10.0. The molecule has 140 valence electrons. The third-order valence-corrected chi connectivity index (χ3v) is 5.31. The maximum Gasteiger partial charge on any atom is 0.136 e. The molecule has 5 rings (SSSR count). The molecule has 4 heterocycles. The van der Waals surface area contributed by atoms with Crippen molar-refractivity contribution in [1.82, 2.24) is 24.4 Å². The summed E-state index contributed by atoms with van der Waals surface area (Å²) in [6.07, 6.45) is 6.55. The number of phenolic OH excluding ortho intramolecular Hbond substituents is 1. The molecule has 0 radical (unpaired) electrons. The number of hydrogen-bond donors (Lipinski definition) is 2. The third kappa shape index (κ3) is 2.97. The van der Waals surface area contributed by atoms with Gasteiger partial charge in [0.05, 0.1) is 18.1 Å². The highest BCUT2D eigenvalue weighted by Gasteiger charge is 2.31. The van der Waals surface area contributed by atoms with E-state index >= 15 is 0 Å². The lowest BCUT2D eigenvalue weighted by Gasteiger charge is -2.35. The lowest BCUT2D eigenvalue weighted by atomic mass is 9.95. The van der Waals surface area contributed by atoms with Crippen LogP contribution in [0.3, 0.4) is 0 Å². The van der Waals surface area contributed by atoms with E-state index in [2.05, 4.69) is 42.6 Å². The number of hydrogen-bond acceptors (Lipinski definition) is 4. The van der Waals surface area contributed by atoms with Gasteiger partial charge in [-0.1, -0.05) is 18.2 Å². The molecule has 1 aliphatic rings. The van der Waals surface area contributed by atoms with Crippen molar-refractivity contribution in [3.63, 3.8) is 0 Å². The molecule has 3 aromatic heterocycles. The number of phenols is 1. The number of fused-ring (bicyclic) bond motifs is 1. The Morgan fingerprint density at radius 2 is 2.04 bits per heavy atom. The Morgan fingerprint density at radius 3 is 2.89 bits per heavy atom. The van der Waals surface area contributed by atoms with Crippen LogP contribution in [0.25, 0.3) is 5.82 Å². The number of H-pyrrole nitrogens is 1. The molecular formula is C22H21N5O. The summed E-state index contributed by atoms with van der Waals surface area (Å²) in [7, 11) is 0. The minimum atomic E-state index is -0.00539. The van der Waals surface area contributed by atoms with Crippen molar-refractivity contribution >= 4 is 0 Å². The first-order valence-electron chi connectivity index (χ1n) is 9.42. The Balaban J connectivity index is 1.52. The lowest BCUT2D eigenvalue weighted by Crippen LogP contribution is -2.36. The largest absolute Gasteiger partial charge is 0.508 e. The molecule has 1 aromatic carbocycles. The summed E-state index contributed by atoms with van der Waals surface area (Å²) in [6, 6.07) is 17.6. The molecule has 0 saturated carbocycles. The normalized spacial score (nSPS) is 16.8. The van der Waals surface area contributed by atoms with Crippen molar-refractivity contribution in [2.24, 2.45) is 0 Å². The monoisotopic (exact) mass is 371 g/mol. The van der Waals surface area contributed by atoms with E-state index in [0.717, 1.165) is 36.6 Å². The van der Waals surface area contributed by atoms with E-state index < -0.39 is 0 Å². The van der Waals surface area contributed by atoms with E-state index in [4.69, 9.17) is 0 Å². The van der Waals surface area contributed by atoms with Gasteiger partial charge in [0.2, 0.25) is 0 Å². The number of nitrogens with zero attached hydrogens (tertiary/aromatic N) is 4. The molecule has 0 aliphatic carbocycles. The predicted molar refractivity (Wildman–Crippen MR) is 106 cm³/mol. The Labute approximate surface area is 163 Å². The van der Waals surface area contributed by atoms with Crippen LogP contribution in [0.5, 0.6) is 5.75 Å². The first-order valence-corrected chi connectivity index (χ1v) is 9.42. The molecule has 6 nitrogen and oxygen atoms in total. The van der Waals surface area contributed by atoms with Gasteiger partial charge in [-0.15, -0.1) is 0 Å². The molecule has 0 bridgehead atoms. The average molecular weight is 371 g/mol. The number of nitrogens with one attached hydrogen (secondary N) is 1. The van der Waals surface area contributed by atoms with Gasteiger partial charge in [-0.05, 0) is 42.0 Å². The zero-order valence-corrected chi connectivity index (χ0v) is 15.4. The van der Waals surface area contributed by atoms with Gasteiger partial charge in [0.15, 0.2) is 0 Å². The van der Waals surface area contributed by atoms with E-state index in [0.29, 0.717) is 0 Å². The topological polar surface area (TPSA) is 70.0 Å². The fourth-order valence-electron chi connectivity index (χ4n) is 4.03. The summed E-state index contributed by atoms with van der Waals surface area (Å²) in [6.45, 7) is 1.67. The molecule has 6 heteroatoms. The summed E-state index contributed by atoms with van der Waals surface area (Å²) in [4.78, 5) is 14.8. The first kappa shape index (κ1) is 16.8. The average Bonchev–Trinajstić information content (AvgIpc) is 3.38. The van der Waals surface area contributed by atoms with Crippen molar-refractivity contribution in [3.05, 3.63) is 96.0 Å². The molecule has 4 aromatic rings. The Hall–Kier alpha value is -3.38. The van der Waals surface area contributed by atoms with E-state index in [9.17, 15) is 5.11 Å². The number of aromatic nitrogens is 4. The molecular weight excluding hydrogens is 350 g/mol. The smallest absolute Gasteiger partial charge is 0.136 e. The molecule has 1 aliphatic heterocycles. The summed E-state index contributed by atoms with van der Waals surface area (Å²) in [5.41, 5.74) is 4.42. The van der Waals surface area contributed by atoms with Gasteiger partial charge in [-0.3, -0.25) is 4.90 Å². The highest BCUT2D eigenvalue weighted by atomic mass is 16.3. The zero-order valence-electron chi connectivity index (χ0n) is 15.4. The molecule has 0 amide bonds. The summed E-state index contributed by atoms with van der Waals surface area (Å²) in [5.74, 6) is 1.19. The molecule has 1 unspecified atom stereocenters. The minimum absolute atomic E-state index is 0.00539. The van der Waals surface area contributed by atoms with Gasteiger partial charge < -0.3 is 14.7 Å². The summed E-state index contributed by atoms with van der Waals surface area (Å²) < 4.78 is 2.12. The standard InChI is InChI=1S/C22H21N5O/c28-18-7-3-5-16(13-18)22-21-19(24-15-25-21)9-12-26(22)14-17-6-4-11-27(17)20-8-1-2-10-23-20/h1-8,10-11,13,15,22,28H,9,12,14H2,(H,24,25). The Bertz CT molecular complexity index is 1090. The van der Waals surface area contributed by atoms with Gasteiger partial charge in [-0.25, -0.2) is 9.97 Å². The second-order valence-electron chi connectivity index (χ2n) is 7.04. The number of pyridine rings is 1. The number of aromatic amines is 1. The summed E-state index contributed by atoms with van der Waals surface area (Å²) >= 11 is 0. The van der Waals surface area contributed by atoms with Crippen LogP contribution in [-0.2, 0) is 13.0 Å². The van der Waals surface area contributed by atoms with Crippen LogP contribution in [0.4, 0.5) is 0 Å². The van der Waals surface area contributed by atoms with Crippen LogP contribution in [0.1, 0.15) is 28.7 Å². The van der Waals surface area contributed by atoms with Crippen LogP contribution in [0, 0.1) is 0 Å². The van der Waals surface area contributed by atoms with Gasteiger partial charge in [-0.2, -0.15) is 0 Å². The molecule has 1 atom stereocenters. The quantitative estimate of drug-likeness (QED) is 0.576. The molecule has 0 saturated heterocycles. The van der Waals surface area contributed by atoms with Crippen molar-refractivity contribution in [2.75, 3.05) is 6.54 Å². The van der Waals surface area contributed by atoms with Crippen LogP contribution in [0.2, 0.25) is 0 Å². The number of imidazole rings is 1. The number of benzene rings is 1. The van der Waals surface area contributed by atoms with Crippen molar-refractivity contribution in [3.8, 4) is 11.6 Å². The molecule has 2 N–H and O–H groups in total. The predicted octanol–water partition coefficient (Wildman–Crippen LogP) is 3.45. The van der Waals surface area contributed by atoms with Crippen LogP contribution in [-0.4, -0.2) is 36.1 Å². The van der Waals surface area contributed by atoms with Crippen LogP contribution < -0.4 is 0 Å². The Morgan fingerprint density at radius 1 is 1.07 bits per heavy atom. The van der Waals surface area contributed by atoms with Gasteiger partial charge in [0, 0.05) is 43.3 Å². The Kier molecular flexibility index (Phi) is 4.18. The van der Waals surface area contributed by atoms with Gasteiger partial charge >= 0.3 is 0 Å². The third-order valence-electron chi connectivity index (χ3n) is 5.31. The molecule has 0 fully saturated rings. The van der Waals surface area contributed by atoms with E-state index in [1.807, 2.05) is 42.7 Å². The van der Waals surface area contributed by atoms with Crippen LogP contribution >= 0.6 is 0 Å². The van der Waals surface area contributed by atoms with Crippen molar-refractivity contribution in [2.45, 2.75) is 19.0 Å². The second-order valence-corrected chi connectivity index (χ2v) is 7.04. The highest BCUT2D eigenvalue weighted by Crippen LogP contribution is 2.35. The zero-order chi connectivity index (χ0) is 18.9. The number of aromatic hydroxyl groups is 1. The molecule has 0 spiro atoms. The fourth-order valence-corrected chi connectivity index (χ4v) is 4.03. The molecule has 28 heavy (non-hydrogen) atoms. The van der Waals surface area contributed by atoms with Crippen molar-refractivity contribution < 1.29 is 5.11 Å². The highest BCUT2D eigenvalue weighted by molar-refractivity contribution is 5.37. The summed E-state index contributed by atoms with van der Waals surface area (Å²) in [5, 5.41) is 10.0. The maximum atomic E-state index is 10.0. The second kappa shape index (κ2) is 6.98. The lowest BCUT2D eigenvalue weighted by molar-refractivity contribution is 0.196. The van der Waals surface area contributed by atoms with Gasteiger partial charge in [0.1, 0.15) is 11.6 Å². The number of rotatable bonds is 4. The van der Waals surface area contributed by atoms with E-state index in [1.165, 1.54) is 11.4 Å². The minimum Gasteiger partial charge on any atom is -0.508 e. The van der Waals surface area contributed by atoms with Crippen LogP contribution in [0.15, 0.2) is 73.3 Å².